The fraction of sp³-hybridized carbons (Fsp3) is 0.333. The van der Waals surface area contributed by atoms with E-state index in [0.717, 1.165) is 22.3 Å². The van der Waals surface area contributed by atoms with Crippen molar-refractivity contribution < 1.29 is 14.2 Å². The van der Waals surface area contributed by atoms with E-state index in [0.29, 0.717) is 35.6 Å². The topological polar surface area (TPSA) is 98.3 Å². The summed E-state index contributed by atoms with van der Waals surface area (Å²) in [6.45, 7) is 2.90. The molecular formula is C15H15IN6O3. The number of nitrogens with one attached hydrogen (secondary N) is 1. The quantitative estimate of drug-likeness (QED) is 0.601. The van der Waals surface area contributed by atoms with E-state index in [1.807, 2.05) is 12.1 Å². The highest BCUT2D eigenvalue weighted by molar-refractivity contribution is 14.1. The molecule has 0 bridgehead atoms. The number of rotatable bonds is 3. The van der Waals surface area contributed by atoms with Gasteiger partial charge < -0.3 is 15.0 Å². The second-order valence-corrected chi connectivity index (χ2v) is 6.81. The molecule has 1 aliphatic rings. The van der Waals surface area contributed by atoms with E-state index in [4.69, 9.17) is 9.37 Å². The number of aryl methyl sites for hydroxylation is 1. The van der Waals surface area contributed by atoms with Crippen LogP contribution in [-0.4, -0.2) is 52.3 Å². The minimum Gasteiger partial charge on any atom is -0.378 e. The summed E-state index contributed by atoms with van der Waals surface area (Å²) in [5, 5.41) is 15.0. The van der Waals surface area contributed by atoms with E-state index in [1.54, 1.807) is 17.9 Å². The predicted octanol–water partition coefficient (Wildman–Crippen LogP) is 1.65. The summed E-state index contributed by atoms with van der Waals surface area (Å²) in [5.74, 6) is -0.298. The Bertz CT molecular complexity index is 931. The summed E-state index contributed by atoms with van der Waals surface area (Å²) >= 11 is 2.08. The minimum atomic E-state index is -0.298. The molecule has 0 radical (unpaired) electrons. The second-order valence-electron chi connectivity index (χ2n) is 5.65. The lowest BCUT2D eigenvalue weighted by Gasteiger charge is -2.28. The maximum atomic E-state index is 12.5. The van der Waals surface area contributed by atoms with Crippen LogP contribution in [0.2, 0.25) is 0 Å². The van der Waals surface area contributed by atoms with Crippen LogP contribution < -0.4 is 10.2 Å². The Balaban J connectivity index is 1.66. The van der Waals surface area contributed by atoms with E-state index in [-0.39, 0.29) is 5.91 Å². The Morgan fingerprint density at radius 2 is 2.00 bits per heavy atom. The van der Waals surface area contributed by atoms with Crippen LogP contribution in [0.5, 0.6) is 0 Å². The summed E-state index contributed by atoms with van der Waals surface area (Å²) in [5.41, 5.74) is 2.97. The molecule has 4 rings (SSSR count). The molecular weight excluding hydrogens is 439 g/mol. The van der Waals surface area contributed by atoms with Crippen molar-refractivity contribution in [2.24, 2.45) is 7.05 Å². The average molecular weight is 454 g/mol. The zero-order chi connectivity index (χ0) is 17.4. The summed E-state index contributed by atoms with van der Waals surface area (Å²) < 4.78 is 12.7. The van der Waals surface area contributed by atoms with Gasteiger partial charge in [-0.25, -0.2) is 4.63 Å². The molecule has 1 aromatic carbocycles. The van der Waals surface area contributed by atoms with Crippen molar-refractivity contribution in [2.45, 2.75) is 0 Å². The van der Waals surface area contributed by atoms with E-state index in [2.05, 4.69) is 48.2 Å². The van der Waals surface area contributed by atoms with Crippen molar-refractivity contribution in [2.75, 3.05) is 36.5 Å². The molecule has 1 saturated heterocycles. The first-order valence-electron chi connectivity index (χ1n) is 7.72. The number of nitrogens with zero attached hydrogens (tertiary/aromatic N) is 5. The number of amides is 1. The van der Waals surface area contributed by atoms with Gasteiger partial charge in [0.1, 0.15) is 0 Å². The van der Waals surface area contributed by atoms with Gasteiger partial charge in [-0.15, -0.1) is 0 Å². The Kier molecular flexibility index (Phi) is 4.29. The monoisotopic (exact) mass is 454 g/mol. The van der Waals surface area contributed by atoms with Crippen LogP contribution in [0.25, 0.3) is 11.0 Å². The molecule has 1 fully saturated rings. The molecule has 0 aliphatic carbocycles. The van der Waals surface area contributed by atoms with Crippen LogP contribution >= 0.6 is 22.6 Å². The van der Waals surface area contributed by atoms with Crippen molar-refractivity contribution in [1.29, 1.82) is 0 Å². The van der Waals surface area contributed by atoms with Crippen LogP contribution in [0.1, 0.15) is 10.5 Å². The fourth-order valence-corrected chi connectivity index (χ4v) is 3.56. The molecule has 0 spiro atoms. The van der Waals surface area contributed by atoms with Gasteiger partial charge in [0.2, 0.25) is 0 Å². The molecule has 1 aliphatic heterocycles. The van der Waals surface area contributed by atoms with Gasteiger partial charge in [0.05, 0.1) is 28.2 Å². The number of aromatic nitrogens is 4. The highest BCUT2D eigenvalue weighted by Gasteiger charge is 2.21. The highest BCUT2D eigenvalue weighted by Crippen LogP contribution is 2.30. The Labute approximate surface area is 156 Å². The molecule has 0 unspecified atom stereocenters. The van der Waals surface area contributed by atoms with Crippen LogP contribution in [0, 0.1) is 3.57 Å². The number of carbonyl (C=O) groups excluding carboxylic acids is 1. The van der Waals surface area contributed by atoms with Crippen LogP contribution in [0.15, 0.2) is 23.0 Å². The lowest BCUT2D eigenvalue weighted by Crippen LogP contribution is -2.36. The first-order valence-corrected chi connectivity index (χ1v) is 8.80. The van der Waals surface area contributed by atoms with E-state index < -0.39 is 0 Å². The molecule has 10 heteroatoms. The summed E-state index contributed by atoms with van der Waals surface area (Å²) in [6.07, 6.45) is 1.78. The fourth-order valence-electron chi connectivity index (χ4n) is 2.81. The number of hydrogen-bond donors (Lipinski definition) is 1. The normalized spacial score (nSPS) is 14.9. The van der Waals surface area contributed by atoms with Gasteiger partial charge in [0.15, 0.2) is 16.7 Å². The molecule has 9 nitrogen and oxygen atoms in total. The van der Waals surface area contributed by atoms with Gasteiger partial charge in [-0.05, 0) is 45.0 Å². The molecule has 1 N–H and O–H groups in total. The van der Waals surface area contributed by atoms with E-state index in [9.17, 15) is 4.79 Å². The SMILES string of the molecule is Cn1cc(I)c(C(=O)Nc2ccc(N3CCOCC3)c3nonc23)n1. The number of benzene rings is 1. The molecule has 3 heterocycles. The Morgan fingerprint density at radius 1 is 1.24 bits per heavy atom. The molecule has 1 amide bonds. The van der Waals surface area contributed by atoms with E-state index in [1.165, 1.54) is 0 Å². The molecule has 0 saturated carbocycles. The summed E-state index contributed by atoms with van der Waals surface area (Å²) in [4.78, 5) is 14.7. The van der Waals surface area contributed by atoms with Crippen molar-refractivity contribution >= 4 is 50.9 Å². The third-order valence-electron chi connectivity index (χ3n) is 3.99. The van der Waals surface area contributed by atoms with Crippen LogP contribution in [0.4, 0.5) is 11.4 Å². The zero-order valence-corrected chi connectivity index (χ0v) is 15.6. The predicted molar refractivity (Wildman–Crippen MR) is 98.7 cm³/mol. The number of fused-ring (bicyclic) bond motifs is 1. The Morgan fingerprint density at radius 3 is 2.72 bits per heavy atom. The van der Waals surface area contributed by atoms with Crippen molar-refractivity contribution in [3.8, 4) is 0 Å². The lowest BCUT2D eigenvalue weighted by atomic mass is 10.2. The maximum absolute atomic E-state index is 12.5. The molecule has 130 valence electrons. The number of anilines is 2. The second kappa shape index (κ2) is 6.59. The third kappa shape index (κ3) is 3.06. The van der Waals surface area contributed by atoms with Gasteiger partial charge in [-0.2, -0.15) is 5.10 Å². The smallest absolute Gasteiger partial charge is 0.277 e. The van der Waals surface area contributed by atoms with E-state index >= 15 is 0 Å². The zero-order valence-electron chi connectivity index (χ0n) is 13.4. The summed E-state index contributed by atoms with van der Waals surface area (Å²) in [6, 6.07) is 3.72. The lowest BCUT2D eigenvalue weighted by molar-refractivity contribution is 0.102. The van der Waals surface area contributed by atoms with Gasteiger partial charge in [0, 0.05) is 26.3 Å². The number of hydrogen-bond acceptors (Lipinski definition) is 7. The molecule has 0 atom stereocenters. The minimum absolute atomic E-state index is 0.298. The van der Waals surface area contributed by atoms with Gasteiger partial charge in [0.25, 0.3) is 5.91 Å². The number of carbonyl (C=O) groups is 1. The first kappa shape index (κ1) is 16.3. The molecule has 3 aromatic rings. The third-order valence-corrected chi connectivity index (χ3v) is 4.78. The molecule has 2 aromatic heterocycles. The number of morpholine rings is 1. The number of ether oxygens (including phenoxy) is 1. The highest BCUT2D eigenvalue weighted by atomic mass is 127. The van der Waals surface area contributed by atoms with Crippen LogP contribution in [-0.2, 0) is 11.8 Å². The van der Waals surface area contributed by atoms with Crippen LogP contribution in [0.3, 0.4) is 0 Å². The largest absolute Gasteiger partial charge is 0.378 e. The van der Waals surface area contributed by atoms with Crippen molar-refractivity contribution in [1.82, 2.24) is 20.1 Å². The van der Waals surface area contributed by atoms with Gasteiger partial charge in [-0.3, -0.25) is 9.48 Å². The maximum Gasteiger partial charge on any atom is 0.277 e. The first-order chi connectivity index (χ1) is 12.1. The Hall–Kier alpha value is -2.21. The van der Waals surface area contributed by atoms with Crippen molar-refractivity contribution in [3.63, 3.8) is 0 Å². The standard InChI is InChI=1S/C15H15IN6O3/c1-21-8-9(16)12(18-21)15(23)17-10-2-3-11(14-13(10)19-25-20-14)22-4-6-24-7-5-22/h2-3,8H,4-7H2,1H3,(H,17,23). The van der Waals surface area contributed by atoms with Crippen molar-refractivity contribution in [3.05, 3.63) is 27.6 Å². The molecule has 25 heavy (non-hydrogen) atoms. The van der Waals surface area contributed by atoms with Gasteiger partial charge >= 0.3 is 0 Å². The average Bonchev–Trinajstić information content (AvgIpc) is 3.22. The van der Waals surface area contributed by atoms with Gasteiger partial charge in [-0.1, -0.05) is 0 Å². The summed E-state index contributed by atoms with van der Waals surface area (Å²) in [7, 11) is 1.77. The number of halogens is 1.